The van der Waals surface area contributed by atoms with Crippen LogP contribution in [0.4, 0.5) is 16.8 Å². The number of nitrogens with zero attached hydrogens (tertiary/aromatic N) is 4. The molecule has 0 aliphatic rings. The lowest BCUT2D eigenvalue weighted by molar-refractivity contribution is 0.0594. The van der Waals surface area contributed by atoms with E-state index < -0.39 is 5.97 Å². The van der Waals surface area contributed by atoms with Crippen molar-refractivity contribution in [3.8, 4) is 22.1 Å². The average molecular weight is 448 g/mol. The lowest BCUT2D eigenvalue weighted by Crippen LogP contribution is -2.07. The number of thiazole rings is 1. The van der Waals surface area contributed by atoms with Gasteiger partial charge in [-0.15, -0.1) is 0 Å². The molecule has 4 rings (SSSR count). The van der Waals surface area contributed by atoms with Crippen molar-refractivity contribution in [2.75, 3.05) is 31.4 Å². The molecule has 0 unspecified atom stereocenters. The van der Waals surface area contributed by atoms with E-state index in [1.54, 1.807) is 36.5 Å². The van der Waals surface area contributed by atoms with Crippen molar-refractivity contribution in [2.24, 2.45) is 0 Å². The molecular weight excluding hydrogens is 426 g/mol. The molecule has 0 aliphatic carbocycles. The number of aromatic nitrogens is 3. The number of rotatable bonds is 7. The highest BCUT2D eigenvalue weighted by molar-refractivity contribution is 7.17. The number of carbonyl (C=O) groups excluding carboxylic acids is 1. The molecule has 0 spiro atoms. The number of pyridine rings is 2. The van der Waals surface area contributed by atoms with Crippen LogP contribution in [0.5, 0.6) is 10.8 Å². The molecule has 1 N–H and O–H groups in total. The first kappa shape index (κ1) is 21.3. The van der Waals surface area contributed by atoms with E-state index in [0.717, 1.165) is 16.4 Å². The Morgan fingerprint density at radius 3 is 2.56 bits per heavy atom. The summed E-state index contributed by atoms with van der Waals surface area (Å²) in [6, 6.07) is 18.5. The number of anilines is 3. The summed E-state index contributed by atoms with van der Waals surface area (Å²) in [5, 5.41) is 4.61. The lowest BCUT2D eigenvalue weighted by atomic mass is 10.2. The molecule has 0 saturated heterocycles. The number of nitrogens with one attached hydrogen (secondary N) is 1. The molecule has 3 aromatic heterocycles. The van der Waals surface area contributed by atoms with Crippen LogP contribution in [0.1, 0.15) is 10.5 Å². The highest BCUT2D eigenvalue weighted by atomic mass is 32.1. The number of ether oxygens (including phenoxy) is 2. The van der Waals surface area contributed by atoms with Crippen molar-refractivity contribution in [1.82, 2.24) is 15.0 Å². The lowest BCUT2D eigenvalue weighted by Gasteiger charge is -2.09. The highest BCUT2D eigenvalue weighted by Gasteiger charge is 2.17. The second kappa shape index (κ2) is 9.44. The van der Waals surface area contributed by atoms with E-state index in [2.05, 4.69) is 15.3 Å². The Hall–Kier alpha value is -3.98. The minimum absolute atomic E-state index is 0.207. The fourth-order valence-electron chi connectivity index (χ4n) is 2.84. The van der Waals surface area contributed by atoms with Gasteiger partial charge in [0.15, 0.2) is 10.8 Å². The quantitative estimate of drug-likeness (QED) is 0.397. The van der Waals surface area contributed by atoms with Crippen LogP contribution in [0.3, 0.4) is 0 Å². The van der Waals surface area contributed by atoms with Crippen molar-refractivity contribution in [3.05, 3.63) is 72.6 Å². The van der Waals surface area contributed by atoms with Gasteiger partial charge in [-0.3, -0.25) is 0 Å². The zero-order valence-electron chi connectivity index (χ0n) is 17.8. The molecule has 162 valence electrons. The van der Waals surface area contributed by atoms with Crippen LogP contribution >= 0.6 is 11.3 Å². The summed E-state index contributed by atoms with van der Waals surface area (Å²) >= 11 is 1.46. The molecule has 0 bridgehead atoms. The maximum Gasteiger partial charge on any atom is 0.356 e. The zero-order chi connectivity index (χ0) is 22.5. The smallest absolute Gasteiger partial charge is 0.356 e. The predicted octanol–water partition coefficient (Wildman–Crippen LogP) is 4.99. The molecule has 32 heavy (non-hydrogen) atoms. The minimum Gasteiger partial charge on any atom is -0.464 e. The summed E-state index contributed by atoms with van der Waals surface area (Å²) in [6.07, 6.45) is 1.64. The highest BCUT2D eigenvalue weighted by Crippen LogP contribution is 2.41. The summed E-state index contributed by atoms with van der Waals surface area (Å²) in [4.78, 5) is 27.0. The molecule has 0 fully saturated rings. The molecule has 9 heteroatoms. The SMILES string of the molecule is COC(=O)c1cccc(Nc2cc(Oc3sc(N(C)C)nc3-c3ccccc3)ccn2)n1. The third kappa shape index (κ3) is 4.84. The first-order chi connectivity index (χ1) is 15.5. The van der Waals surface area contributed by atoms with E-state index in [-0.39, 0.29) is 5.69 Å². The van der Waals surface area contributed by atoms with E-state index in [1.807, 2.05) is 49.3 Å². The molecule has 0 aliphatic heterocycles. The number of carbonyl (C=O) groups is 1. The van der Waals surface area contributed by atoms with Gasteiger partial charge >= 0.3 is 5.97 Å². The van der Waals surface area contributed by atoms with Gasteiger partial charge in [0, 0.05) is 31.9 Å². The second-order valence-electron chi connectivity index (χ2n) is 6.90. The number of benzene rings is 1. The Balaban J connectivity index is 1.59. The van der Waals surface area contributed by atoms with Gasteiger partial charge in [-0.2, -0.15) is 0 Å². The summed E-state index contributed by atoms with van der Waals surface area (Å²) < 4.78 is 10.9. The monoisotopic (exact) mass is 447 g/mol. The maximum atomic E-state index is 11.7. The van der Waals surface area contributed by atoms with E-state index in [4.69, 9.17) is 14.5 Å². The van der Waals surface area contributed by atoms with Gasteiger partial charge in [0.1, 0.15) is 23.1 Å². The van der Waals surface area contributed by atoms with Crippen molar-refractivity contribution < 1.29 is 14.3 Å². The standard InChI is InChI=1S/C23H21N5O3S/c1-28(2)23-27-20(15-8-5-4-6-9-15)22(32-23)31-16-12-13-24-19(14-16)26-18-11-7-10-17(25-18)21(29)30-3/h4-14H,1-3H3,(H,24,25,26). The van der Waals surface area contributed by atoms with Gasteiger partial charge in [0.05, 0.1) is 7.11 Å². The van der Waals surface area contributed by atoms with E-state index in [0.29, 0.717) is 22.4 Å². The normalized spacial score (nSPS) is 10.5. The van der Waals surface area contributed by atoms with Crippen molar-refractivity contribution in [2.45, 2.75) is 0 Å². The van der Waals surface area contributed by atoms with Crippen LogP contribution in [0.15, 0.2) is 66.9 Å². The maximum absolute atomic E-state index is 11.7. The van der Waals surface area contributed by atoms with Gasteiger partial charge < -0.3 is 19.7 Å². The summed E-state index contributed by atoms with van der Waals surface area (Å²) in [5.41, 5.74) is 1.96. The molecule has 3 heterocycles. The van der Waals surface area contributed by atoms with Gasteiger partial charge in [0.2, 0.25) is 5.06 Å². The topological polar surface area (TPSA) is 89.5 Å². The van der Waals surface area contributed by atoms with Crippen molar-refractivity contribution >= 4 is 34.1 Å². The zero-order valence-corrected chi connectivity index (χ0v) is 18.6. The fraction of sp³-hybridized carbons (Fsp3) is 0.130. The number of esters is 1. The fourth-order valence-corrected chi connectivity index (χ4v) is 3.72. The molecule has 8 nitrogen and oxygen atoms in total. The molecule has 0 amide bonds. The van der Waals surface area contributed by atoms with Gasteiger partial charge in [-0.05, 0) is 18.2 Å². The molecule has 0 radical (unpaired) electrons. The Kier molecular flexibility index (Phi) is 6.27. The van der Waals surface area contributed by atoms with E-state index in [9.17, 15) is 4.79 Å². The van der Waals surface area contributed by atoms with Crippen molar-refractivity contribution in [1.29, 1.82) is 0 Å². The molecule has 1 aromatic carbocycles. The van der Waals surface area contributed by atoms with Crippen LogP contribution in [0, 0.1) is 0 Å². The Labute approximate surface area is 189 Å². The predicted molar refractivity (Wildman–Crippen MR) is 125 cm³/mol. The molecular formula is C23H21N5O3S. The van der Waals surface area contributed by atoms with E-state index >= 15 is 0 Å². The first-order valence-electron chi connectivity index (χ1n) is 9.73. The Morgan fingerprint density at radius 2 is 1.81 bits per heavy atom. The van der Waals surface area contributed by atoms with Crippen LogP contribution in [-0.2, 0) is 4.74 Å². The number of methoxy groups -OCH3 is 1. The largest absolute Gasteiger partial charge is 0.464 e. The van der Waals surface area contributed by atoms with Gasteiger partial charge in [-0.1, -0.05) is 47.7 Å². The minimum atomic E-state index is -0.506. The van der Waals surface area contributed by atoms with Crippen LogP contribution in [0.25, 0.3) is 11.3 Å². The van der Waals surface area contributed by atoms with Crippen LogP contribution in [0.2, 0.25) is 0 Å². The summed E-state index contributed by atoms with van der Waals surface area (Å²) in [5.74, 6) is 1.08. The van der Waals surface area contributed by atoms with Crippen molar-refractivity contribution in [3.63, 3.8) is 0 Å². The van der Waals surface area contributed by atoms with Gasteiger partial charge in [0.25, 0.3) is 0 Å². The number of hydrogen-bond donors (Lipinski definition) is 1. The van der Waals surface area contributed by atoms with E-state index in [1.165, 1.54) is 18.4 Å². The summed E-state index contributed by atoms with van der Waals surface area (Å²) in [6.45, 7) is 0. The third-order valence-electron chi connectivity index (χ3n) is 4.36. The summed E-state index contributed by atoms with van der Waals surface area (Å²) in [7, 11) is 5.21. The Morgan fingerprint density at radius 1 is 1.00 bits per heavy atom. The molecule has 0 saturated carbocycles. The van der Waals surface area contributed by atoms with Crippen LogP contribution in [-0.4, -0.2) is 42.1 Å². The van der Waals surface area contributed by atoms with Gasteiger partial charge in [-0.25, -0.2) is 19.7 Å². The first-order valence-corrected chi connectivity index (χ1v) is 10.5. The third-order valence-corrected chi connectivity index (χ3v) is 5.46. The average Bonchev–Trinajstić information content (AvgIpc) is 3.23. The molecule has 0 atom stereocenters. The molecule has 4 aromatic rings. The second-order valence-corrected chi connectivity index (χ2v) is 7.84. The Bertz CT molecular complexity index is 1230. The van der Waals surface area contributed by atoms with Crippen LogP contribution < -0.4 is 15.0 Å². The number of hydrogen-bond acceptors (Lipinski definition) is 9.